The highest BCUT2D eigenvalue weighted by molar-refractivity contribution is 6.01. The van der Waals surface area contributed by atoms with Gasteiger partial charge in [-0.15, -0.1) is 5.10 Å². The van der Waals surface area contributed by atoms with Crippen LogP contribution in [0, 0.1) is 10.1 Å². The van der Waals surface area contributed by atoms with Gasteiger partial charge in [0.05, 0.1) is 29.2 Å². The number of benzene rings is 4. The number of nitrogens with zero attached hydrogens (tertiary/aromatic N) is 5. The molecule has 11 heteroatoms. The van der Waals surface area contributed by atoms with Crippen molar-refractivity contribution in [3.63, 3.8) is 0 Å². The molecule has 6 rings (SSSR count). The van der Waals surface area contributed by atoms with Gasteiger partial charge in [-0.2, -0.15) is 4.68 Å². The first kappa shape index (κ1) is 25.4. The molecule has 1 amide bonds. The van der Waals surface area contributed by atoms with Crippen molar-refractivity contribution in [3.05, 3.63) is 135 Å². The molecule has 0 spiro atoms. The number of methoxy groups -OCH3 is 1. The summed E-state index contributed by atoms with van der Waals surface area (Å²) < 4.78 is 7.58. The average molecular weight is 546 g/mol. The van der Waals surface area contributed by atoms with Crippen LogP contribution in [0.2, 0.25) is 0 Å². The molecule has 41 heavy (non-hydrogen) atoms. The van der Waals surface area contributed by atoms with E-state index in [1.807, 2.05) is 60.7 Å². The maximum absolute atomic E-state index is 13.9. The van der Waals surface area contributed by atoms with Gasteiger partial charge >= 0.3 is 5.69 Å². The lowest BCUT2D eigenvalue weighted by atomic mass is 9.90. The summed E-state index contributed by atoms with van der Waals surface area (Å²) in [6.45, 7) is 0. The van der Waals surface area contributed by atoms with Gasteiger partial charge in [0.15, 0.2) is 11.3 Å². The lowest BCUT2D eigenvalue weighted by Crippen LogP contribution is -2.24. The fraction of sp³-hybridized carbons (Fsp3) is 0.0667. The molecule has 0 bridgehead atoms. The van der Waals surface area contributed by atoms with Crippen molar-refractivity contribution in [1.29, 1.82) is 0 Å². The predicted molar refractivity (Wildman–Crippen MR) is 153 cm³/mol. The van der Waals surface area contributed by atoms with E-state index in [0.717, 1.165) is 15.8 Å². The van der Waals surface area contributed by atoms with Crippen molar-refractivity contribution in [1.82, 2.24) is 19.2 Å². The van der Waals surface area contributed by atoms with Crippen molar-refractivity contribution in [2.24, 2.45) is 0 Å². The third-order valence-corrected chi connectivity index (χ3v) is 6.73. The SMILES string of the molecule is [11CH3]Oc1ccc(-n2nc3c(NC(=O)C(c4ccccc4)c4ccccc4)nc4c([N+](=O)[O-])cccc4n3c2=O)cc1. The van der Waals surface area contributed by atoms with E-state index in [1.54, 1.807) is 30.3 Å². The van der Waals surface area contributed by atoms with Crippen LogP contribution in [0.4, 0.5) is 11.5 Å². The Balaban J connectivity index is 1.56. The number of non-ortho nitro benzene ring substituents is 1. The molecule has 11 nitrogen and oxygen atoms in total. The number of nitrogens with one attached hydrogen (secondary N) is 1. The number of ether oxygens (including phenoxy) is 1. The lowest BCUT2D eigenvalue weighted by Gasteiger charge is -2.18. The Labute approximate surface area is 232 Å². The van der Waals surface area contributed by atoms with Gasteiger partial charge in [-0.25, -0.2) is 14.2 Å². The van der Waals surface area contributed by atoms with Crippen LogP contribution in [0.5, 0.6) is 5.75 Å². The first-order valence-corrected chi connectivity index (χ1v) is 12.6. The molecule has 0 atom stereocenters. The molecule has 0 aliphatic heterocycles. The highest BCUT2D eigenvalue weighted by Crippen LogP contribution is 2.30. The minimum Gasteiger partial charge on any atom is -0.497 e. The molecule has 0 aliphatic rings. The molecule has 0 saturated heterocycles. The summed E-state index contributed by atoms with van der Waals surface area (Å²) in [7, 11) is 1.53. The number of nitro groups is 1. The zero-order valence-electron chi connectivity index (χ0n) is 21.7. The zero-order chi connectivity index (χ0) is 28.5. The largest absolute Gasteiger partial charge is 0.497 e. The van der Waals surface area contributed by atoms with Crippen LogP contribution < -0.4 is 15.7 Å². The summed E-state index contributed by atoms with van der Waals surface area (Å²) in [5.41, 5.74) is 1.16. The van der Waals surface area contributed by atoms with Crippen LogP contribution >= 0.6 is 0 Å². The van der Waals surface area contributed by atoms with Crippen LogP contribution in [0.15, 0.2) is 108 Å². The summed E-state index contributed by atoms with van der Waals surface area (Å²) >= 11 is 0. The van der Waals surface area contributed by atoms with Crippen LogP contribution in [-0.2, 0) is 4.79 Å². The predicted octanol–water partition coefficient (Wildman–Crippen LogP) is 4.72. The van der Waals surface area contributed by atoms with Crippen molar-refractivity contribution in [3.8, 4) is 11.4 Å². The second kappa shape index (κ2) is 10.4. The Morgan fingerprint density at radius 1 is 0.902 bits per heavy atom. The number of carbonyl (C=O) groups is 1. The van der Waals surface area contributed by atoms with Gasteiger partial charge in [0.2, 0.25) is 11.6 Å². The van der Waals surface area contributed by atoms with E-state index in [1.165, 1.54) is 23.6 Å². The van der Waals surface area contributed by atoms with E-state index >= 15 is 0 Å². The number of hydrogen-bond acceptors (Lipinski definition) is 7. The number of nitro benzene ring substituents is 1. The van der Waals surface area contributed by atoms with Crippen molar-refractivity contribution in [2.75, 3.05) is 12.4 Å². The molecule has 2 aromatic heterocycles. The highest BCUT2D eigenvalue weighted by Gasteiger charge is 2.27. The van der Waals surface area contributed by atoms with Crippen molar-refractivity contribution < 1.29 is 14.5 Å². The lowest BCUT2D eigenvalue weighted by molar-refractivity contribution is -0.383. The normalized spacial score (nSPS) is 11.2. The fourth-order valence-corrected chi connectivity index (χ4v) is 4.81. The maximum Gasteiger partial charge on any atom is 0.355 e. The van der Waals surface area contributed by atoms with Gasteiger partial charge in [-0.3, -0.25) is 14.9 Å². The Bertz CT molecular complexity index is 1930. The second-order valence-corrected chi connectivity index (χ2v) is 9.16. The van der Waals surface area contributed by atoms with E-state index in [9.17, 15) is 19.7 Å². The summed E-state index contributed by atoms with van der Waals surface area (Å²) in [5.74, 6) is -0.663. The number of anilines is 1. The van der Waals surface area contributed by atoms with Gasteiger partial charge in [0.25, 0.3) is 5.69 Å². The first-order chi connectivity index (χ1) is 20.0. The molecule has 0 radical (unpaired) electrons. The minimum atomic E-state index is -0.726. The van der Waals surface area contributed by atoms with Crippen LogP contribution in [0.1, 0.15) is 17.0 Å². The van der Waals surface area contributed by atoms with Crippen molar-refractivity contribution >= 4 is 34.1 Å². The highest BCUT2D eigenvalue weighted by atomic mass is 16.6. The van der Waals surface area contributed by atoms with Crippen molar-refractivity contribution in [2.45, 2.75) is 5.92 Å². The summed E-state index contributed by atoms with van der Waals surface area (Å²) in [6.07, 6.45) is 0. The number of hydrogen-bond donors (Lipinski definition) is 1. The fourth-order valence-electron chi connectivity index (χ4n) is 4.81. The quantitative estimate of drug-likeness (QED) is 0.227. The van der Waals surface area contributed by atoms with E-state index in [2.05, 4.69) is 15.4 Å². The Kier molecular flexibility index (Phi) is 6.44. The summed E-state index contributed by atoms with van der Waals surface area (Å²) in [6, 6.07) is 29.4. The molecule has 202 valence electrons. The number of aromatic nitrogens is 4. The van der Waals surface area contributed by atoms with E-state index in [4.69, 9.17) is 4.74 Å². The second-order valence-electron chi connectivity index (χ2n) is 9.16. The third kappa shape index (κ3) is 4.55. The Morgan fingerprint density at radius 3 is 2.12 bits per heavy atom. The van der Waals surface area contributed by atoms with Crippen LogP contribution in [0.25, 0.3) is 22.4 Å². The van der Waals surface area contributed by atoms with E-state index in [-0.39, 0.29) is 28.2 Å². The number of fused-ring (bicyclic) bond motifs is 3. The monoisotopic (exact) mass is 545 g/mol. The van der Waals surface area contributed by atoms with Gasteiger partial charge in [-0.05, 0) is 41.5 Å². The molecule has 2 heterocycles. The third-order valence-electron chi connectivity index (χ3n) is 6.73. The van der Waals surface area contributed by atoms with Gasteiger partial charge in [0.1, 0.15) is 5.75 Å². The molecular formula is C30H22N6O5. The van der Waals surface area contributed by atoms with Gasteiger partial charge in [0, 0.05) is 6.07 Å². The molecule has 0 aliphatic carbocycles. The number of amides is 1. The Morgan fingerprint density at radius 2 is 1.54 bits per heavy atom. The van der Waals surface area contributed by atoms with Gasteiger partial charge < -0.3 is 10.1 Å². The topological polar surface area (TPSA) is 134 Å². The summed E-state index contributed by atoms with van der Waals surface area (Å²) in [4.78, 5) is 43.4. The molecule has 0 unspecified atom stereocenters. The molecular weight excluding hydrogens is 523 g/mol. The molecule has 4 aromatic carbocycles. The molecule has 1 N–H and O–H groups in total. The van der Waals surface area contributed by atoms with Crippen LogP contribution in [-0.4, -0.2) is 37.1 Å². The minimum absolute atomic E-state index is 0.0343. The van der Waals surface area contributed by atoms with E-state index < -0.39 is 22.4 Å². The summed E-state index contributed by atoms with van der Waals surface area (Å²) in [5, 5.41) is 19.2. The van der Waals surface area contributed by atoms with E-state index in [0.29, 0.717) is 11.4 Å². The number of para-hydroxylation sites is 1. The number of carbonyl (C=O) groups excluding carboxylic acids is 1. The smallest absolute Gasteiger partial charge is 0.355 e. The number of rotatable bonds is 7. The van der Waals surface area contributed by atoms with Gasteiger partial charge in [-0.1, -0.05) is 66.7 Å². The Hall–Kier alpha value is -5.84. The van der Waals surface area contributed by atoms with Crippen LogP contribution in [0.3, 0.4) is 0 Å². The average Bonchev–Trinajstić information content (AvgIpc) is 3.35. The molecule has 0 fully saturated rings. The standard InChI is InChI=1S/C30H22N6O5/c1-41-22-17-15-21(16-18-22)35-30(38)34-23-13-8-14-24(36(39)40)26(23)31-27(28(34)33-35)32-29(37)25(19-9-4-2-5-10-19)20-11-6-3-7-12-20/h2-18,25H,1H3,(H,31,32,37)/i1-1. The zero-order valence-corrected chi connectivity index (χ0v) is 21.7. The maximum atomic E-state index is 13.9. The molecule has 6 aromatic rings. The molecule has 0 saturated carbocycles. The first-order valence-electron chi connectivity index (χ1n) is 12.6.